The highest BCUT2D eigenvalue weighted by atomic mass is 35.5. The normalized spacial score (nSPS) is 19.1. The number of pyridine rings is 1. The Morgan fingerprint density at radius 2 is 1.76 bits per heavy atom. The van der Waals surface area contributed by atoms with Crippen LogP contribution in [0.4, 0.5) is 13.2 Å². The molecular weight excluding hydrogens is 461 g/mol. The number of hydrogen-bond acceptors (Lipinski definition) is 6. The van der Waals surface area contributed by atoms with Gasteiger partial charge in [-0.3, -0.25) is 14.7 Å². The maximum atomic E-state index is 13.5. The number of carbonyl (C=O) groups excluding carboxylic acids is 1. The highest BCUT2D eigenvalue weighted by Crippen LogP contribution is 2.53. The van der Waals surface area contributed by atoms with Gasteiger partial charge in [-0.1, -0.05) is 17.7 Å². The van der Waals surface area contributed by atoms with E-state index in [1.165, 1.54) is 19.3 Å². The number of fused-ring (bicyclic) bond motifs is 4. The van der Waals surface area contributed by atoms with Crippen molar-refractivity contribution < 1.29 is 27.4 Å². The Morgan fingerprint density at radius 3 is 2.39 bits per heavy atom. The van der Waals surface area contributed by atoms with E-state index >= 15 is 0 Å². The predicted molar refractivity (Wildman–Crippen MR) is 113 cm³/mol. The number of guanidine groups is 1. The van der Waals surface area contributed by atoms with Gasteiger partial charge in [0.25, 0.3) is 5.91 Å². The van der Waals surface area contributed by atoms with Gasteiger partial charge in [-0.2, -0.15) is 0 Å². The average Bonchev–Trinajstić information content (AvgIpc) is 2.98. The zero-order valence-corrected chi connectivity index (χ0v) is 17.6. The van der Waals surface area contributed by atoms with Gasteiger partial charge in [-0.15, -0.1) is 13.2 Å². The number of alkyl halides is 3. The van der Waals surface area contributed by atoms with Crippen molar-refractivity contribution in [3.8, 4) is 28.4 Å². The molecule has 0 fully saturated rings. The first-order valence-electron chi connectivity index (χ1n) is 9.55. The number of amides is 1. The molecule has 2 N–H and O–H groups in total. The molecule has 11 heteroatoms. The van der Waals surface area contributed by atoms with Gasteiger partial charge in [-0.25, -0.2) is 4.99 Å². The summed E-state index contributed by atoms with van der Waals surface area (Å²) >= 11 is 6.07. The number of hydrogen-bond donors (Lipinski definition) is 1. The highest BCUT2D eigenvalue weighted by molar-refractivity contribution is 6.30. The van der Waals surface area contributed by atoms with E-state index < -0.39 is 23.6 Å². The topological polar surface area (TPSA) is 90.0 Å². The maximum absolute atomic E-state index is 13.5. The summed E-state index contributed by atoms with van der Waals surface area (Å²) in [5.41, 5.74) is 5.92. The molecular formula is C22H14ClF3N4O3. The molecule has 3 heterocycles. The van der Waals surface area contributed by atoms with Gasteiger partial charge in [0.05, 0.1) is 5.02 Å². The quantitative estimate of drug-likeness (QED) is 0.593. The van der Waals surface area contributed by atoms with E-state index in [1.807, 2.05) is 0 Å². The van der Waals surface area contributed by atoms with Gasteiger partial charge in [0, 0.05) is 36.1 Å². The lowest BCUT2D eigenvalue weighted by molar-refractivity contribution is -0.274. The fourth-order valence-corrected chi connectivity index (χ4v) is 4.16. The van der Waals surface area contributed by atoms with Crippen molar-refractivity contribution in [2.75, 3.05) is 7.05 Å². The van der Waals surface area contributed by atoms with Crippen molar-refractivity contribution >= 4 is 23.5 Å². The van der Waals surface area contributed by atoms with Crippen molar-refractivity contribution in [2.45, 2.75) is 11.9 Å². The first kappa shape index (κ1) is 21.1. The number of aliphatic imine (C=N–C) groups is 1. The number of rotatable bonds is 2. The minimum atomic E-state index is -4.92. The van der Waals surface area contributed by atoms with Crippen molar-refractivity contribution in [1.29, 1.82) is 0 Å². The monoisotopic (exact) mass is 474 g/mol. The summed E-state index contributed by atoms with van der Waals surface area (Å²) in [6.07, 6.45) is -1.85. The summed E-state index contributed by atoms with van der Waals surface area (Å²) in [5, 5.41) is 0.411. The van der Waals surface area contributed by atoms with Crippen LogP contribution in [-0.4, -0.2) is 35.2 Å². The number of halogens is 4. The third kappa shape index (κ3) is 3.34. The maximum Gasteiger partial charge on any atom is 0.573 e. The standard InChI is InChI=1S/C22H14ClF3N4O3/c1-30-19(31)21(29-20(30)27)15-7-11(12-6-13(23)10-28-9-12)2-4-17(15)32-18-5-3-14(8-16(18)21)33-22(24,25)26/h2-10H,1H3,(H2,27,29). The fourth-order valence-electron chi connectivity index (χ4n) is 3.98. The minimum absolute atomic E-state index is 0.0791. The Morgan fingerprint density at radius 1 is 1.06 bits per heavy atom. The van der Waals surface area contributed by atoms with Gasteiger partial charge in [0.15, 0.2) is 5.96 Å². The van der Waals surface area contributed by atoms with Crippen molar-refractivity contribution in [3.05, 3.63) is 71.0 Å². The minimum Gasteiger partial charge on any atom is -0.457 e. The van der Waals surface area contributed by atoms with Crippen LogP contribution in [0, 0.1) is 0 Å². The molecule has 0 saturated heterocycles. The largest absolute Gasteiger partial charge is 0.573 e. The first-order valence-corrected chi connectivity index (χ1v) is 9.93. The van der Waals surface area contributed by atoms with Crippen LogP contribution in [0.1, 0.15) is 11.1 Å². The Bertz CT molecular complexity index is 1340. The van der Waals surface area contributed by atoms with Crippen LogP contribution in [-0.2, 0) is 10.3 Å². The summed E-state index contributed by atoms with van der Waals surface area (Å²) < 4.78 is 48.6. The fraction of sp³-hybridized carbons (Fsp3) is 0.136. The summed E-state index contributed by atoms with van der Waals surface area (Å²) in [5.74, 6) is -0.675. The van der Waals surface area contributed by atoms with Gasteiger partial charge >= 0.3 is 6.36 Å². The summed E-state index contributed by atoms with van der Waals surface area (Å²) in [4.78, 5) is 23.1. The predicted octanol–water partition coefficient (Wildman–Crippen LogP) is 4.44. The number of carbonyl (C=O) groups is 1. The molecule has 0 aliphatic carbocycles. The zero-order valence-electron chi connectivity index (χ0n) is 16.9. The Labute approximate surface area is 190 Å². The number of ether oxygens (including phenoxy) is 2. The van der Waals surface area contributed by atoms with E-state index in [-0.39, 0.29) is 17.3 Å². The second kappa shape index (κ2) is 7.11. The number of aromatic nitrogens is 1. The summed E-state index contributed by atoms with van der Waals surface area (Å²) in [6, 6.07) is 10.2. The van der Waals surface area contributed by atoms with Crippen LogP contribution in [0.3, 0.4) is 0 Å². The van der Waals surface area contributed by atoms with Crippen LogP contribution >= 0.6 is 11.6 Å². The number of nitrogens with two attached hydrogens (primary N) is 1. The van der Waals surface area contributed by atoms with Crippen molar-refractivity contribution in [2.24, 2.45) is 10.7 Å². The van der Waals surface area contributed by atoms with Crippen LogP contribution in [0.5, 0.6) is 17.2 Å². The molecule has 1 aromatic heterocycles. The van der Waals surface area contributed by atoms with E-state index in [9.17, 15) is 18.0 Å². The lowest BCUT2D eigenvalue weighted by atomic mass is 9.79. The van der Waals surface area contributed by atoms with Crippen LogP contribution in [0.25, 0.3) is 11.1 Å². The van der Waals surface area contributed by atoms with Crippen LogP contribution in [0.15, 0.2) is 59.9 Å². The molecule has 2 aliphatic rings. The number of benzene rings is 2. The van der Waals surface area contributed by atoms with Crippen LogP contribution < -0.4 is 15.2 Å². The molecule has 1 amide bonds. The second-order valence-electron chi connectivity index (χ2n) is 7.46. The van der Waals surface area contributed by atoms with E-state index in [4.69, 9.17) is 22.1 Å². The molecule has 33 heavy (non-hydrogen) atoms. The molecule has 5 rings (SSSR count). The number of nitrogens with zero attached hydrogens (tertiary/aromatic N) is 3. The lowest BCUT2D eigenvalue weighted by Crippen LogP contribution is -2.42. The lowest BCUT2D eigenvalue weighted by Gasteiger charge is -2.34. The van der Waals surface area contributed by atoms with Gasteiger partial charge < -0.3 is 15.2 Å². The third-order valence-corrected chi connectivity index (χ3v) is 5.65. The number of likely N-dealkylation sites (N-methyl/N-ethyl adjacent to an activating group) is 1. The molecule has 1 spiro atoms. The molecule has 1 atom stereocenters. The second-order valence-corrected chi connectivity index (χ2v) is 7.89. The first-order chi connectivity index (χ1) is 15.6. The van der Waals surface area contributed by atoms with Gasteiger partial charge in [0.1, 0.15) is 17.2 Å². The Balaban J connectivity index is 1.75. The molecule has 168 valence electrons. The average molecular weight is 475 g/mol. The molecule has 2 aromatic carbocycles. The smallest absolute Gasteiger partial charge is 0.457 e. The van der Waals surface area contributed by atoms with Gasteiger partial charge in [-0.05, 0) is 42.0 Å². The molecule has 0 bridgehead atoms. The zero-order chi connectivity index (χ0) is 23.5. The molecule has 7 nitrogen and oxygen atoms in total. The van der Waals surface area contributed by atoms with Gasteiger partial charge in [0.2, 0.25) is 5.54 Å². The van der Waals surface area contributed by atoms with Crippen LogP contribution in [0.2, 0.25) is 5.02 Å². The summed E-state index contributed by atoms with van der Waals surface area (Å²) in [6.45, 7) is 0. The van der Waals surface area contributed by atoms with E-state index in [0.29, 0.717) is 27.5 Å². The highest BCUT2D eigenvalue weighted by Gasteiger charge is 2.55. The third-order valence-electron chi connectivity index (χ3n) is 5.44. The summed E-state index contributed by atoms with van der Waals surface area (Å²) in [7, 11) is 1.44. The SMILES string of the molecule is CN1C(=O)C2(N=C1N)c1cc(OC(F)(F)F)ccc1Oc1ccc(-c3cncc(Cl)c3)cc12. The van der Waals surface area contributed by atoms with E-state index in [1.54, 1.807) is 30.5 Å². The van der Waals surface area contributed by atoms with Crippen molar-refractivity contribution in [3.63, 3.8) is 0 Å². The van der Waals surface area contributed by atoms with Crippen molar-refractivity contribution in [1.82, 2.24) is 9.88 Å². The van der Waals surface area contributed by atoms with E-state index in [2.05, 4.69) is 14.7 Å². The Kier molecular flexibility index (Phi) is 4.54. The molecule has 3 aromatic rings. The molecule has 2 aliphatic heterocycles. The molecule has 1 unspecified atom stereocenters. The molecule has 0 saturated carbocycles. The Hall–Kier alpha value is -3.79. The van der Waals surface area contributed by atoms with E-state index in [0.717, 1.165) is 17.0 Å². The molecule has 0 radical (unpaired) electrons.